The standard InChI is InChI=1S/C13H13N3O2S/c1-18-9-4-2-3-8(5-9)12-10-6-14-16-13(10)15-11(17)7-19-12/h2-6,12H,7H2,1H3,(H2,14,15,16,17). The number of carbonyl (C=O) groups is 1. The molecule has 0 saturated heterocycles. The summed E-state index contributed by atoms with van der Waals surface area (Å²) in [7, 11) is 1.65. The predicted octanol–water partition coefficient (Wildman–Crippen LogP) is 2.19. The van der Waals surface area contributed by atoms with Gasteiger partial charge < -0.3 is 10.1 Å². The molecule has 2 heterocycles. The number of fused-ring (bicyclic) bond motifs is 1. The molecule has 0 aliphatic carbocycles. The lowest BCUT2D eigenvalue weighted by molar-refractivity contribution is -0.113. The lowest BCUT2D eigenvalue weighted by Crippen LogP contribution is -2.12. The van der Waals surface area contributed by atoms with E-state index in [2.05, 4.69) is 15.5 Å². The Morgan fingerprint density at radius 1 is 1.47 bits per heavy atom. The Labute approximate surface area is 114 Å². The first kappa shape index (κ1) is 12.1. The number of carbonyl (C=O) groups excluding carboxylic acids is 1. The van der Waals surface area contributed by atoms with Crippen molar-refractivity contribution in [1.29, 1.82) is 0 Å². The van der Waals surface area contributed by atoms with Crippen LogP contribution in [0, 0.1) is 0 Å². The van der Waals surface area contributed by atoms with Crippen LogP contribution >= 0.6 is 11.8 Å². The molecule has 0 spiro atoms. The van der Waals surface area contributed by atoms with Crippen LogP contribution in [0.15, 0.2) is 30.5 Å². The van der Waals surface area contributed by atoms with Gasteiger partial charge in [0.2, 0.25) is 5.91 Å². The van der Waals surface area contributed by atoms with Crippen molar-refractivity contribution in [2.75, 3.05) is 18.2 Å². The minimum absolute atomic E-state index is 0.0131. The number of thioether (sulfide) groups is 1. The first-order chi connectivity index (χ1) is 9.28. The molecule has 6 heteroatoms. The molecule has 5 nitrogen and oxygen atoms in total. The first-order valence-corrected chi connectivity index (χ1v) is 6.91. The van der Waals surface area contributed by atoms with Crippen molar-refractivity contribution in [3.63, 3.8) is 0 Å². The Kier molecular flexibility index (Phi) is 3.16. The third-order valence-corrected chi connectivity index (χ3v) is 4.28. The van der Waals surface area contributed by atoms with Crippen LogP contribution in [0.25, 0.3) is 0 Å². The highest BCUT2D eigenvalue weighted by atomic mass is 32.2. The van der Waals surface area contributed by atoms with E-state index in [0.717, 1.165) is 16.9 Å². The van der Waals surface area contributed by atoms with Crippen molar-refractivity contribution in [3.05, 3.63) is 41.6 Å². The fraction of sp³-hybridized carbons (Fsp3) is 0.231. The molecule has 1 aliphatic heterocycles. The summed E-state index contributed by atoms with van der Waals surface area (Å²) in [6.45, 7) is 0. The minimum atomic E-state index is -0.0131. The van der Waals surface area contributed by atoms with Crippen molar-refractivity contribution < 1.29 is 9.53 Å². The largest absolute Gasteiger partial charge is 0.497 e. The maximum atomic E-state index is 11.6. The van der Waals surface area contributed by atoms with E-state index in [1.807, 2.05) is 24.3 Å². The monoisotopic (exact) mass is 275 g/mol. The number of rotatable bonds is 2. The molecule has 0 fully saturated rings. The molecule has 0 bridgehead atoms. The van der Waals surface area contributed by atoms with Gasteiger partial charge in [0.05, 0.1) is 24.3 Å². The number of amides is 1. The Hall–Kier alpha value is -1.95. The van der Waals surface area contributed by atoms with Gasteiger partial charge in [-0.05, 0) is 17.7 Å². The fourth-order valence-corrected chi connectivity index (χ4v) is 3.19. The van der Waals surface area contributed by atoms with Gasteiger partial charge in [-0.15, -0.1) is 11.8 Å². The second-order valence-electron chi connectivity index (χ2n) is 4.22. The van der Waals surface area contributed by atoms with Gasteiger partial charge in [0.25, 0.3) is 0 Å². The average Bonchev–Trinajstić information content (AvgIpc) is 2.81. The zero-order valence-electron chi connectivity index (χ0n) is 10.3. The smallest absolute Gasteiger partial charge is 0.235 e. The predicted molar refractivity (Wildman–Crippen MR) is 74.5 cm³/mol. The van der Waals surface area contributed by atoms with Crippen LogP contribution in [-0.2, 0) is 4.79 Å². The number of ether oxygens (including phenoxy) is 1. The van der Waals surface area contributed by atoms with Crippen molar-refractivity contribution in [1.82, 2.24) is 10.2 Å². The molecule has 2 N–H and O–H groups in total. The fourth-order valence-electron chi connectivity index (χ4n) is 2.10. The van der Waals surface area contributed by atoms with Crippen LogP contribution < -0.4 is 10.1 Å². The second-order valence-corrected chi connectivity index (χ2v) is 5.31. The summed E-state index contributed by atoms with van der Waals surface area (Å²) in [6.07, 6.45) is 1.76. The number of nitrogens with one attached hydrogen (secondary N) is 2. The van der Waals surface area contributed by atoms with Crippen LogP contribution in [0.4, 0.5) is 5.82 Å². The zero-order chi connectivity index (χ0) is 13.2. The van der Waals surface area contributed by atoms with E-state index in [0.29, 0.717) is 11.6 Å². The van der Waals surface area contributed by atoms with Crippen molar-refractivity contribution in [2.24, 2.45) is 0 Å². The maximum Gasteiger partial charge on any atom is 0.235 e. The van der Waals surface area contributed by atoms with Crippen LogP contribution in [-0.4, -0.2) is 29.0 Å². The van der Waals surface area contributed by atoms with Crippen LogP contribution in [0.1, 0.15) is 16.4 Å². The number of H-pyrrole nitrogens is 1. The number of anilines is 1. The van der Waals surface area contributed by atoms with E-state index < -0.39 is 0 Å². The third kappa shape index (κ3) is 2.31. The van der Waals surface area contributed by atoms with E-state index in [1.165, 1.54) is 0 Å². The molecular formula is C13H13N3O2S. The van der Waals surface area contributed by atoms with Gasteiger partial charge in [-0.25, -0.2) is 0 Å². The van der Waals surface area contributed by atoms with Crippen molar-refractivity contribution in [3.8, 4) is 5.75 Å². The van der Waals surface area contributed by atoms with Gasteiger partial charge in [-0.3, -0.25) is 9.89 Å². The van der Waals surface area contributed by atoms with E-state index in [-0.39, 0.29) is 11.2 Å². The summed E-state index contributed by atoms with van der Waals surface area (Å²) < 4.78 is 5.25. The summed E-state index contributed by atoms with van der Waals surface area (Å²) in [4.78, 5) is 11.6. The van der Waals surface area contributed by atoms with Gasteiger partial charge in [0, 0.05) is 5.56 Å². The normalized spacial score (nSPS) is 18.4. The van der Waals surface area contributed by atoms with E-state index in [9.17, 15) is 4.79 Å². The first-order valence-electron chi connectivity index (χ1n) is 5.86. The Morgan fingerprint density at radius 2 is 2.37 bits per heavy atom. The topological polar surface area (TPSA) is 67.0 Å². The molecule has 1 aromatic carbocycles. The molecule has 1 aliphatic rings. The molecular weight excluding hydrogens is 262 g/mol. The third-order valence-electron chi connectivity index (χ3n) is 2.99. The Balaban J connectivity index is 2.02. The molecule has 1 atom stereocenters. The number of nitrogens with zero attached hydrogens (tertiary/aromatic N) is 1. The minimum Gasteiger partial charge on any atom is -0.497 e. The highest BCUT2D eigenvalue weighted by Gasteiger charge is 2.25. The van der Waals surface area contributed by atoms with E-state index >= 15 is 0 Å². The average molecular weight is 275 g/mol. The highest BCUT2D eigenvalue weighted by molar-refractivity contribution is 8.00. The summed E-state index contributed by atoms with van der Waals surface area (Å²) in [6, 6.07) is 7.89. The Morgan fingerprint density at radius 3 is 3.21 bits per heavy atom. The molecule has 1 unspecified atom stereocenters. The second kappa shape index (κ2) is 4.97. The maximum absolute atomic E-state index is 11.6. The van der Waals surface area contributed by atoms with Gasteiger partial charge in [0.15, 0.2) is 0 Å². The van der Waals surface area contributed by atoms with E-state index in [1.54, 1.807) is 25.1 Å². The zero-order valence-corrected chi connectivity index (χ0v) is 11.2. The molecule has 3 rings (SSSR count). The van der Waals surface area contributed by atoms with Crippen molar-refractivity contribution in [2.45, 2.75) is 5.25 Å². The van der Waals surface area contributed by atoms with Crippen LogP contribution in [0.5, 0.6) is 5.75 Å². The van der Waals surface area contributed by atoms with Crippen molar-refractivity contribution >= 4 is 23.5 Å². The number of methoxy groups -OCH3 is 1. The molecule has 19 heavy (non-hydrogen) atoms. The summed E-state index contributed by atoms with van der Waals surface area (Å²) in [5.74, 6) is 1.90. The molecule has 0 saturated carbocycles. The Bertz CT molecular complexity index is 611. The number of hydrogen-bond acceptors (Lipinski definition) is 4. The van der Waals surface area contributed by atoms with Crippen LogP contribution in [0.3, 0.4) is 0 Å². The van der Waals surface area contributed by atoms with Gasteiger partial charge in [-0.1, -0.05) is 12.1 Å². The van der Waals surface area contributed by atoms with Gasteiger partial charge >= 0.3 is 0 Å². The molecule has 1 amide bonds. The lowest BCUT2D eigenvalue weighted by atomic mass is 10.1. The summed E-state index contributed by atoms with van der Waals surface area (Å²) in [5, 5.41) is 9.74. The quantitative estimate of drug-likeness (QED) is 0.881. The number of aromatic amines is 1. The summed E-state index contributed by atoms with van der Waals surface area (Å²) in [5.41, 5.74) is 2.09. The summed E-state index contributed by atoms with van der Waals surface area (Å²) >= 11 is 1.58. The molecule has 98 valence electrons. The van der Waals surface area contributed by atoms with Gasteiger partial charge in [0.1, 0.15) is 11.6 Å². The molecule has 0 radical (unpaired) electrons. The van der Waals surface area contributed by atoms with Crippen LogP contribution in [0.2, 0.25) is 0 Å². The highest BCUT2D eigenvalue weighted by Crippen LogP contribution is 2.41. The molecule has 1 aromatic heterocycles. The van der Waals surface area contributed by atoms with E-state index in [4.69, 9.17) is 4.74 Å². The van der Waals surface area contributed by atoms with Gasteiger partial charge in [-0.2, -0.15) is 5.10 Å². The number of benzene rings is 1. The molecule has 2 aromatic rings. The lowest BCUT2D eigenvalue weighted by Gasteiger charge is -2.14. The number of aromatic nitrogens is 2. The number of hydrogen-bond donors (Lipinski definition) is 2. The SMILES string of the molecule is COc1cccc(C2SCC(=O)Nc3[nH]ncc32)c1.